The summed E-state index contributed by atoms with van der Waals surface area (Å²) in [6.07, 6.45) is 5.86. The average Bonchev–Trinajstić information content (AvgIpc) is 2.77. The van der Waals surface area contributed by atoms with Gasteiger partial charge in [-0.3, -0.25) is 9.78 Å². The Bertz CT molecular complexity index is 1010. The van der Waals surface area contributed by atoms with Crippen LogP contribution in [0.15, 0.2) is 42.7 Å². The van der Waals surface area contributed by atoms with Crippen LogP contribution in [0.25, 0.3) is 0 Å². The van der Waals surface area contributed by atoms with Crippen LogP contribution in [0, 0.1) is 5.41 Å². The van der Waals surface area contributed by atoms with Crippen LogP contribution in [-0.4, -0.2) is 54.3 Å². The van der Waals surface area contributed by atoms with Gasteiger partial charge < -0.3 is 19.3 Å². The highest BCUT2D eigenvalue weighted by Crippen LogP contribution is 2.70. The quantitative estimate of drug-likeness (QED) is 0.598. The van der Waals surface area contributed by atoms with Crippen LogP contribution in [0.5, 0.6) is 11.5 Å². The van der Waals surface area contributed by atoms with E-state index in [0.717, 1.165) is 11.4 Å². The van der Waals surface area contributed by atoms with Gasteiger partial charge in [0.05, 0.1) is 18.7 Å². The van der Waals surface area contributed by atoms with Gasteiger partial charge >= 0.3 is 6.61 Å². The second-order valence-electron chi connectivity index (χ2n) is 9.27. The number of hydrogen-bond donors (Lipinski definition) is 0. The number of hydrogen-bond acceptors (Lipinski definition) is 5. The topological polar surface area (TPSA) is 54.9 Å². The van der Waals surface area contributed by atoms with E-state index in [1.54, 1.807) is 37.7 Å². The maximum atomic E-state index is 13.9. The van der Waals surface area contributed by atoms with Crippen LogP contribution in [-0.2, 0) is 4.79 Å². The molecule has 1 saturated heterocycles. The minimum Gasteiger partial charge on any atom is -0.494 e. The Morgan fingerprint density at radius 2 is 1.82 bits per heavy atom. The van der Waals surface area contributed by atoms with Gasteiger partial charge in [-0.05, 0) is 56.4 Å². The van der Waals surface area contributed by atoms with Crippen molar-refractivity contribution in [2.45, 2.75) is 50.4 Å². The van der Waals surface area contributed by atoms with Crippen molar-refractivity contribution in [3.63, 3.8) is 0 Å². The Hall–Kier alpha value is -2.97. The zero-order valence-electron chi connectivity index (χ0n) is 18.3. The number of alkyl halides is 3. The van der Waals surface area contributed by atoms with Gasteiger partial charge in [0, 0.05) is 37.1 Å². The third-order valence-corrected chi connectivity index (χ3v) is 7.12. The summed E-state index contributed by atoms with van der Waals surface area (Å²) in [5.41, 5.74) is -0.0199. The Morgan fingerprint density at radius 3 is 2.39 bits per heavy atom. The monoisotopic (exact) mass is 461 g/mol. The molecule has 3 saturated carbocycles. The van der Waals surface area contributed by atoms with Crippen LogP contribution >= 0.6 is 0 Å². The molecule has 0 N–H and O–H groups in total. The van der Waals surface area contributed by atoms with Gasteiger partial charge in [-0.2, -0.15) is 8.78 Å². The lowest BCUT2D eigenvalue weighted by molar-refractivity contribution is -0.222. The summed E-state index contributed by atoms with van der Waals surface area (Å²) in [7, 11) is 1.58. The van der Waals surface area contributed by atoms with Crippen molar-refractivity contribution in [2.75, 3.05) is 25.1 Å². The zero-order chi connectivity index (χ0) is 23.2. The van der Waals surface area contributed by atoms with Gasteiger partial charge in [-0.1, -0.05) is 0 Å². The van der Waals surface area contributed by atoms with Gasteiger partial charge in [0.1, 0.15) is 22.9 Å². The average molecular weight is 461 g/mol. The number of anilines is 2. The number of nitrogens with zero attached hydrogens (tertiary/aromatic N) is 3. The first-order valence-corrected chi connectivity index (χ1v) is 11.1. The molecule has 4 fully saturated rings. The summed E-state index contributed by atoms with van der Waals surface area (Å²) in [4.78, 5) is 21.2. The molecule has 0 spiro atoms. The van der Waals surface area contributed by atoms with Crippen LogP contribution in [0.3, 0.4) is 0 Å². The molecule has 0 radical (unpaired) electrons. The Balaban J connectivity index is 1.36. The number of pyridine rings is 1. The lowest BCUT2D eigenvalue weighted by Crippen LogP contribution is -2.70. The van der Waals surface area contributed by atoms with Gasteiger partial charge in [0.25, 0.3) is 0 Å². The Morgan fingerprint density at radius 1 is 1.15 bits per heavy atom. The first-order valence-electron chi connectivity index (χ1n) is 11.1. The molecule has 1 aliphatic heterocycles. The van der Waals surface area contributed by atoms with E-state index in [4.69, 9.17) is 4.74 Å². The molecule has 6 rings (SSSR count). The fraction of sp³-hybridized carbons (Fsp3) is 0.500. The van der Waals surface area contributed by atoms with E-state index in [1.165, 1.54) is 12.1 Å². The Labute approximate surface area is 190 Å². The molecule has 4 aliphatic rings. The normalized spacial score (nSPS) is 26.4. The molecule has 1 aromatic carbocycles. The maximum absolute atomic E-state index is 13.9. The number of carbonyl (C=O) groups is 1. The molecule has 176 valence electrons. The van der Waals surface area contributed by atoms with Crippen LogP contribution in [0.2, 0.25) is 0 Å². The molecule has 3 aliphatic carbocycles. The molecule has 9 heteroatoms. The molecular formula is C24H26F3N3O3. The molecule has 2 aromatic rings. The number of rotatable bonds is 7. The number of halogens is 3. The molecule has 1 amide bonds. The number of likely N-dealkylation sites (tertiary alicyclic amines) is 1. The minimum absolute atomic E-state index is 0.0366. The lowest BCUT2D eigenvalue weighted by Gasteiger charge is -2.65. The van der Waals surface area contributed by atoms with Crippen molar-refractivity contribution in [1.29, 1.82) is 0 Å². The molecule has 0 atom stereocenters. The van der Waals surface area contributed by atoms with Gasteiger partial charge in [0.15, 0.2) is 0 Å². The number of aromatic nitrogens is 1. The highest BCUT2D eigenvalue weighted by Gasteiger charge is 2.73. The molecule has 33 heavy (non-hydrogen) atoms. The van der Waals surface area contributed by atoms with Gasteiger partial charge in [-0.25, -0.2) is 4.39 Å². The number of ether oxygens (including phenoxy) is 2. The number of benzene rings is 1. The van der Waals surface area contributed by atoms with Gasteiger partial charge in [0.2, 0.25) is 5.91 Å². The van der Waals surface area contributed by atoms with Crippen molar-refractivity contribution in [2.24, 2.45) is 5.41 Å². The number of carbonyl (C=O) groups excluding carboxylic acids is 1. The number of piperidine rings is 1. The summed E-state index contributed by atoms with van der Waals surface area (Å²) >= 11 is 0. The first kappa shape index (κ1) is 21.9. The predicted octanol–water partition coefficient (Wildman–Crippen LogP) is 4.71. The fourth-order valence-electron chi connectivity index (χ4n) is 5.62. The summed E-state index contributed by atoms with van der Waals surface area (Å²) in [6, 6.07) is 8.27. The van der Waals surface area contributed by atoms with Crippen molar-refractivity contribution in [3.8, 4) is 11.5 Å². The van der Waals surface area contributed by atoms with E-state index in [9.17, 15) is 18.0 Å². The molecule has 2 bridgehead atoms. The predicted molar refractivity (Wildman–Crippen MR) is 116 cm³/mol. The highest BCUT2D eigenvalue weighted by molar-refractivity contribution is 5.87. The smallest absolute Gasteiger partial charge is 0.387 e. The SMILES string of the molecule is COc1ccncc1N(c1ccc(OC(F)F)cc1)C1CCN(C(=O)C23CC(F)(C2)C3)CC1. The zero-order valence-corrected chi connectivity index (χ0v) is 18.3. The maximum Gasteiger partial charge on any atom is 0.387 e. The van der Waals surface area contributed by atoms with E-state index in [-0.39, 0.29) is 17.7 Å². The minimum atomic E-state index is -2.89. The third kappa shape index (κ3) is 3.87. The Kier molecular flexibility index (Phi) is 5.37. The van der Waals surface area contributed by atoms with Crippen LogP contribution in [0.4, 0.5) is 24.5 Å². The summed E-state index contributed by atoms with van der Waals surface area (Å²) in [5.74, 6) is 0.800. The standard InChI is InChI=1S/C24H26F3N3O3/c1-32-20-6-9-28-12-19(20)30(16-2-4-18(5-3-16)33-22(25)26)17-7-10-29(11-8-17)21(31)23-13-24(27,14-23)15-23/h2-6,9,12,17,22H,7-8,10-11,13-15H2,1H3. The highest BCUT2D eigenvalue weighted by atomic mass is 19.3. The number of methoxy groups -OCH3 is 1. The summed E-state index contributed by atoms with van der Waals surface area (Å²) in [6.45, 7) is -1.73. The van der Waals surface area contributed by atoms with Crippen molar-refractivity contribution >= 4 is 17.3 Å². The molecule has 1 aromatic heterocycles. The summed E-state index contributed by atoms with van der Waals surface area (Å²) in [5, 5.41) is 0. The number of amides is 1. The second-order valence-corrected chi connectivity index (χ2v) is 9.27. The molecule has 0 unspecified atom stereocenters. The van der Waals surface area contributed by atoms with Crippen molar-refractivity contribution < 1.29 is 27.4 Å². The molecule has 6 nitrogen and oxygen atoms in total. The van der Waals surface area contributed by atoms with E-state index in [2.05, 4.69) is 14.6 Å². The van der Waals surface area contributed by atoms with Crippen LogP contribution in [0.1, 0.15) is 32.1 Å². The van der Waals surface area contributed by atoms with E-state index in [1.807, 2.05) is 4.90 Å². The second kappa shape index (κ2) is 8.11. The molecular weight excluding hydrogens is 435 g/mol. The van der Waals surface area contributed by atoms with Crippen molar-refractivity contribution in [1.82, 2.24) is 9.88 Å². The molecule has 2 heterocycles. The fourth-order valence-corrected chi connectivity index (χ4v) is 5.62. The summed E-state index contributed by atoms with van der Waals surface area (Å²) < 4.78 is 49.1. The van der Waals surface area contributed by atoms with E-state index in [0.29, 0.717) is 50.9 Å². The first-order chi connectivity index (χ1) is 15.8. The van der Waals surface area contributed by atoms with Crippen LogP contribution < -0.4 is 14.4 Å². The lowest BCUT2D eigenvalue weighted by atomic mass is 9.42. The van der Waals surface area contributed by atoms with E-state index < -0.39 is 17.7 Å². The van der Waals surface area contributed by atoms with E-state index >= 15 is 0 Å². The third-order valence-electron chi connectivity index (χ3n) is 7.12. The largest absolute Gasteiger partial charge is 0.494 e. The van der Waals surface area contributed by atoms with Crippen molar-refractivity contribution in [3.05, 3.63) is 42.7 Å². The van der Waals surface area contributed by atoms with Gasteiger partial charge in [-0.15, -0.1) is 0 Å².